The van der Waals surface area contributed by atoms with Gasteiger partial charge in [0.25, 0.3) is 15.9 Å². The van der Waals surface area contributed by atoms with Crippen molar-refractivity contribution >= 4 is 15.9 Å². The first-order chi connectivity index (χ1) is 16.9. The summed E-state index contributed by atoms with van der Waals surface area (Å²) in [5, 5.41) is -0.293. The number of nitrogens with one attached hydrogen (secondary N) is 1. The molecule has 0 aliphatic heterocycles. The molecule has 2 aromatic heterocycles. The van der Waals surface area contributed by atoms with E-state index in [2.05, 4.69) is 16.5 Å². The Hall–Kier alpha value is -3.79. The molecule has 10 heteroatoms. The lowest BCUT2D eigenvalue weighted by atomic mass is 10.1. The molecule has 0 unspecified atom stereocenters. The zero-order chi connectivity index (χ0) is 26.5. The number of hydrogen-bond donors (Lipinski definition) is 1. The van der Waals surface area contributed by atoms with Crippen LogP contribution < -0.4 is 14.2 Å². The molecule has 3 aromatic rings. The Kier molecular flexibility index (Phi) is 8.41. The Balaban J connectivity index is 1.96. The molecule has 0 aliphatic carbocycles. The minimum atomic E-state index is -4.24. The smallest absolute Gasteiger partial charge is 0.281 e. The van der Waals surface area contributed by atoms with Crippen molar-refractivity contribution in [3.63, 3.8) is 0 Å². The number of ether oxygens (including phenoxy) is 2. The van der Waals surface area contributed by atoms with Gasteiger partial charge in [-0.3, -0.25) is 4.79 Å². The number of nitrogens with zero attached hydrogens (tertiary/aromatic N) is 2. The van der Waals surface area contributed by atoms with Gasteiger partial charge in [0.2, 0.25) is 5.88 Å². The number of halogens is 1. The van der Waals surface area contributed by atoms with Crippen LogP contribution in [0, 0.1) is 18.7 Å². The Bertz CT molecular complexity index is 1390. The summed E-state index contributed by atoms with van der Waals surface area (Å²) in [7, 11) is -4.24. The lowest BCUT2D eigenvalue weighted by Crippen LogP contribution is -2.31. The second kappa shape index (κ2) is 11.3. The van der Waals surface area contributed by atoms with E-state index in [1.807, 2.05) is 18.6 Å². The summed E-state index contributed by atoms with van der Waals surface area (Å²) >= 11 is 0. The van der Waals surface area contributed by atoms with Gasteiger partial charge in [-0.15, -0.1) is 0 Å². The molecule has 0 radical (unpaired) electrons. The second-order valence-electron chi connectivity index (χ2n) is 8.73. The van der Waals surface area contributed by atoms with Crippen LogP contribution in [0.15, 0.2) is 65.7 Å². The quantitative estimate of drug-likeness (QED) is 0.392. The van der Waals surface area contributed by atoms with Crippen LogP contribution in [0.3, 0.4) is 0 Å². The third kappa shape index (κ3) is 7.11. The lowest BCUT2D eigenvalue weighted by molar-refractivity contribution is 0.0977. The molecular formula is C26H28FN3O5S. The van der Waals surface area contributed by atoms with Gasteiger partial charge in [0.1, 0.15) is 23.7 Å². The molecule has 2 heterocycles. The third-order valence-electron chi connectivity index (χ3n) is 4.68. The average molecular weight is 514 g/mol. The van der Waals surface area contributed by atoms with E-state index < -0.39 is 21.7 Å². The molecule has 1 amide bonds. The first-order valence-electron chi connectivity index (χ1n) is 11.2. The monoisotopic (exact) mass is 513 g/mol. The van der Waals surface area contributed by atoms with E-state index in [9.17, 15) is 17.6 Å². The predicted octanol–water partition coefficient (Wildman–Crippen LogP) is 4.70. The Morgan fingerprint density at radius 1 is 1.11 bits per heavy atom. The molecule has 0 fully saturated rings. The minimum Gasteiger partial charge on any atom is -0.493 e. The fraction of sp³-hybridized carbons (Fsp3) is 0.269. The number of hydrogen-bond acceptors (Lipinski definition) is 7. The molecule has 0 atom stereocenters. The highest BCUT2D eigenvalue weighted by Gasteiger charge is 2.24. The van der Waals surface area contributed by atoms with Crippen molar-refractivity contribution in [3.8, 4) is 22.9 Å². The minimum absolute atomic E-state index is 0.0365. The number of aryl methyl sites for hydroxylation is 1. The van der Waals surface area contributed by atoms with E-state index in [1.165, 1.54) is 36.4 Å². The Morgan fingerprint density at radius 2 is 1.86 bits per heavy atom. The van der Waals surface area contributed by atoms with E-state index in [0.717, 1.165) is 0 Å². The van der Waals surface area contributed by atoms with Gasteiger partial charge >= 0.3 is 0 Å². The predicted molar refractivity (Wildman–Crippen MR) is 134 cm³/mol. The van der Waals surface area contributed by atoms with Gasteiger partial charge in [-0.1, -0.05) is 26.5 Å². The number of amides is 1. The topological polar surface area (TPSA) is 107 Å². The summed E-state index contributed by atoms with van der Waals surface area (Å²) in [5.41, 5.74) is 1.72. The summed E-state index contributed by atoms with van der Waals surface area (Å²) in [6, 6.07) is 11.5. The maximum atomic E-state index is 14.3. The van der Waals surface area contributed by atoms with Crippen molar-refractivity contribution in [3.05, 3.63) is 77.8 Å². The van der Waals surface area contributed by atoms with Crippen LogP contribution in [0.4, 0.5) is 4.39 Å². The molecule has 1 N–H and O–H groups in total. The van der Waals surface area contributed by atoms with Crippen molar-refractivity contribution in [2.45, 2.75) is 32.7 Å². The molecule has 190 valence electrons. The van der Waals surface area contributed by atoms with E-state index in [0.29, 0.717) is 34.9 Å². The Labute approximate surface area is 210 Å². The summed E-state index contributed by atoms with van der Waals surface area (Å²) in [5.74, 6) is -1.01. The third-order valence-corrected chi connectivity index (χ3v) is 5.91. The van der Waals surface area contributed by atoms with Crippen LogP contribution in [0.1, 0.15) is 36.8 Å². The van der Waals surface area contributed by atoms with Gasteiger partial charge < -0.3 is 9.47 Å². The molecule has 36 heavy (non-hydrogen) atoms. The highest BCUT2D eigenvalue weighted by molar-refractivity contribution is 7.90. The van der Waals surface area contributed by atoms with Gasteiger partial charge in [0.05, 0.1) is 12.3 Å². The summed E-state index contributed by atoms with van der Waals surface area (Å²) in [6.45, 7) is 11.5. The molecule has 0 bridgehead atoms. The maximum absolute atomic E-state index is 14.3. The fourth-order valence-electron chi connectivity index (χ4n) is 3.03. The van der Waals surface area contributed by atoms with Gasteiger partial charge in [0.15, 0.2) is 5.03 Å². The number of carbonyl (C=O) groups is 1. The molecule has 3 rings (SSSR count). The lowest BCUT2D eigenvalue weighted by Gasteiger charge is -2.14. The van der Waals surface area contributed by atoms with Crippen molar-refractivity contribution in [2.75, 3.05) is 13.2 Å². The first-order valence-corrected chi connectivity index (χ1v) is 12.7. The van der Waals surface area contributed by atoms with Crippen molar-refractivity contribution < 1.29 is 27.1 Å². The Morgan fingerprint density at radius 3 is 2.53 bits per heavy atom. The summed E-state index contributed by atoms with van der Waals surface area (Å²) in [6.07, 6.45) is 0. The van der Waals surface area contributed by atoms with Gasteiger partial charge in [-0.05, 0) is 61.7 Å². The van der Waals surface area contributed by atoms with Crippen LogP contribution in [0.2, 0.25) is 0 Å². The van der Waals surface area contributed by atoms with E-state index >= 15 is 0 Å². The van der Waals surface area contributed by atoms with Crippen LogP contribution in [0.5, 0.6) is 11.6 Å². The number of sulfonamides is 1. The molecular weight excluding hydrogens is 485 g/mol. The number of benzene rings is 1. The van der Waals surface area contributed by atoms with Crippen LogP contribution in [-0.4, -0.2) is 37.5 Å². The summed E-state index contributed by atoms with van der Waals surface area (Å²) < 4.78 is 53.0. The molecule has 0 aliphatic rings. The number of aromatic nitrogens is 2. The van der Waals surface area contributed by atoms with Crippen molar-refractivity contribution in [2.24, 2.45) is 5.92 Å². The normalized spacial score (nSPS) is 11.3. The largest absolute Gasteiger partial charge is 0.493 e. The average Bonchev–Trinajstić information content (AvgIpc) is 2.80. The zero-order valence-corrected chi connectivity index (χ0v) is 21.4. The van der Waals surface area contributed by atoms with Crippen LogP contribution in [0.25, 0.3) is 11.3 Å². The molecule has 0 spiro atoms. The summed E-state index contributed by atoms with van der Waals surface area (Å²) in [4.78, 5) is 21.3. The molecule has 1 aromatic carbocycles. The maximum Gasteiger partial charge on any atom is 0.281 e. The molecule has 0 saturated carbocycles. The van der Waals surface area contributed by atoms with E-state index in [4.69, 9.17) is 9.47 Å². The highest BCUT2D eigenvalue weighted by atomic mass is 32.2. The standard InChI is InChI=1S/C26H28FN3O5S/c1-16(2)14-34-21-12-19(11-20(27)13-21)23-10-9-22(26(29-23)35-15-17(3)4)25(31)30-36(32,33)24-8-6-7-18(5)28-24/h6-13,16H,3,14-15H2,1-2,4-5H3,(H,30,31). The first kappa shape index (κ1) is 26.8. The van der Waals surface area contributed by atoms with E-state index in [1.54, 1.807) is 26.0 Å². The number of rotatable bonds is 10. The van der Waals surface area contributed by atoms with Gasteiger partial charge in [-0.25, -0.2) is 19.1 Å². The van der Waals surface area contributed by atoms with Crippen molar-refractivity contribution in [1.29, 1.82) is 0 Å². The second-order valence-corrected chi connectivity index (χ2v) is 10.4. The van der Waals surface area contributed by atoms with E-state index in [-0.39, 0.29) is 29.0 Å². The fourth-order valence-corrected chi connectivity index (χ4v) is 4.01. The van der Waals surface area contributed by atoms with Crippen LogP contribution in [-0.2, 0) is 10.0 Å². The van der Waals surface area contributed by atoms with Crippen LogP contribution >= 0.6 is 0 Å². The molecule has 0 saturated heterocycles. The molecule has 8 nitrogen and oxygen atoms in total. The zero-order valence-electron chi connectivity index (χ0n) is 20.5. The number of pyridine rings is 2. The number of carbonyl (C=O) groups excluding carboxylic acids is 1. The van der Waals surface area contributed by atoms with Gasteiger partial charge in [-0.2, -0.15) is 8.42 Å². The van der Waals surface area contributed by atoms with Gasteiger partial charge in [0, 0.05) is 17.3 Å². The highest BCUT2D eigenvalue weighted by Crippen LogP contribution is 2.28. The SMILES string of the molecule is C=C(C)COc1nc(-c2cc(F)cc(OCC(C)C)c2)ccc1C(=O)NS(=O)(=O)c1cccc(C)n1. The van der Waals surface area contributed by atoms with Crippen molar-refractivity contribution in [1.82, 2.24) is 14.7 Å².